The second-order valence-corrected chi connectivity index (χ2v) is 2.62. The molecule has 0 bridgehead atoms. The summed E-state index contributed by atoms with van der Waals surface area (Å²) in [7, 11) is 0. The lowest BCUT2D eigenvalue weighted by Crippen LogP contribution is -2.22. The Morgan fingerprint density at radius 3 is 2.77 bits per heavy atom. The van der Waals surface area contributed by atoms with Gasteiger partial charge < -0.3 is 15.3 Å². The number of aliphatic hydroxyl groups is 2. The van der Waals surface area contributed by atoms with Gasteiger partial charge in [0.05, 0.1) is 18.2 Å². The Bertz CT molecular complexity index is 272. The highest BCUT2D eigenvalue weighted by molar-refractivity contribution is 5.67. The number of hydrogen-bond acceptors (Lipinski definition) is 4. The van der Waals surface area contributed by atoms with Crippen LogP contribution >= 0.6 is 0 Å². The highest BCUT2D eigenvalue weighted by atomic mass is 16.4. The highest BCUT2D eigenvalue weighted by Crippen LogP contribution is 2.15. The van der Waals surface area contributed by atoms with Crippen LogP contribution in [0.3, 0.4) is 0 Å². The summed E-state index contributed by atoms with van der Waals surface area (Å²) in [5, 5.41) is 32.9. The minimum Gasteiger partial charge on any atom is -0.481 e. The van der Waals surface area contributed by atoms with Crippen LogP contribution in [0.2, 0.25) is 0 Å². The Morgan fingerprint density at radius 1 is 1.62 bits per heavy atom. The molecule has 1 aromatic rings. The van der Waals surface area contributed by atoms with Gasteiger partial charge in [0.25, 0.3) is 0 Å². The van der Waals surface area contributed by atoms with Crippen LogP contribution in [-0.2, 0) is 4.79 Å². The van der Waals surface area contributed by atoms with E-state index in [-0.39, 0.29) is 0 Å². The summed E-state index contributed by atoms with van der Waals surface area (Å²) in [4.78, 5) is 10.2. The molecule has 13 heavy (non-hydrogen) atoms. The molecular weight excluding hydrogens is 176 g/mol. The first-order chi connectivity index (χ1) is 6.11. The molecule has 0 saturated heterocycles. The molecule has 0 aliphatic carbocycles. The van der Waals surface area contributed by atoms with Crippen molar-refractivity contribution in [3.63, 3.8) is 0 Å². The number of rotatable bonds is 4. The van der Waals surface area contributed by atoms with Crippen molar-refractivity contribution < 1.29 is 20.1 Å². The van der Waals surface area contributed by atoms with Crippen LogP contribution in [0.25, 0.3) is 0 Å². The monoisotopic (exact) mass is 186 g/mol. The number of hydrogen-bond donors (Lipinski definition) is 4. The second kappa shape index (κ2) is 4.01. The van der Waals surface area contributed by atoms with Gasteiger partial charge in [-0.3, -0.25) is 9.89 Å². The van der Waals surface area contributed by atoms with Gasteiger partial charge in [0, 0.05) is 6.20 Å². The van der Waals surface area contributed by atoms with Gasteiger partial charge in [0.2, 0.25) is 0 Å². The summed E-state index contributed by atoms with van der Waals surface area (Å²) < 4.78 is 0. The highest BCUT2D eigenvalue weighted by Gasteiger charge is 2.21. The van der Waals surface area contributed by atoms with Gasteiger partial charge in [-0.25, -0.2) is 0 Å². The molecule has 0 amide bonds. The summed E-state index contributed by atoms with van der Waals surface area (Å²) >= 11 is 0. The number of carboxylic acids is 1. The average molecular weight is 186 g/mol. The summed E-state index contributed by atoms with van der Waals surface area (Å²) in [6.45, 7) is 0. The van der Waals surface area contributed by atoms with Crippen molar-refractivity contribution in [1.82, 2.24) is 10.2 Å². The van der Waals surface area contributed by atoms with Crippen LogP contribution in [0.1, 0.15) is 18.2 Å². The summed E-state index contributed by atoms with van der Waals surface area (Å²) in [6.07, 6.45) is -1.65. The molecule has 1 heterocycles. The zero-order valence-corrected chi connectivity index (χ0v) is 6.71. The van der Waals surface area contributed by atoms with E-state index < -0.39 is 24.6 Å². The summed E-state index contributed by atoms with van der Waals surface area (Å²) in [6, 6.07) is 1.47. The number of aromatic amines is 1. The number of H-pyrrole nitrogens is 1. The van der Waals surface area contributed by atoms with E-state index in [1.54, 1.807) is 0 Å². The van der Waals surface area contributed by atoms with E-state index >= 15 is 0 Å². The van der Waals surface area contributed by atoms with E-state index in [1.807, 2.05) is 0 Å². The lowest BCUT2D eigenvalue weighted by Gasteiger charge is -2.13. The third-order valence-electron chi connectivity index (χ3n) is 1.59. The van der Waals surface area contributed by atoms with Crippen LogP contribution in [0.5, 0.6) is 0 Å². The third-order valence-corrected chi connectivity index (χ3v) is 1.59. The zero-order valence-electron chi connectivity index (χ0n) is 6.71. The largest absolute Gasteiger partial charge is 0.481 e. The molecule has 2 unspecified atom stereocenters. The number of nitrogens with one attached hydrogen (secondary N) is 1. The van der Waals surface area contributed by atoms with Crippen molar-refractivity contribution in [3.8, 4) is 0 Å². The lowest BCUT2D eigenvalue weighted by molar-refractivity contribution is -0.141. The molecule has 1 aromatic heterocycles. The van der Waals surface area contributed by atoms with Crippen LogP contribution in [0, 0.1) is 0 Å². The van der Waals surface area contributed by atoms with Gasteiger partial charge in [-0.2, -0.15) is 5.10 Å². The molecule has 0 aromatic carbocycles. The molecule has 0 spiro atoms. The van der Waals surface area contributed by atoms with Gasteiger partial charge in [0.15, 0.2) is 0 Å². The quantitative estimate of drug-likeness (QED) is 0.496. The fraction of sp³-hybridized carbons (Fsp3) is 0.429. The van der Waals surface area contributed by atoms with E-state index in [9.17, 15) is 15.0 Å². The van der Waals surface area contributed by atoms with Crippen molar-refractivity contribution in [1.29, 1.82) is 0 Å². The first-order valence-electron chi connectivity index (χ1n) is 3.68. The predicted molar refractivity (Wildman–Crippen MR) is 41.8 cm³/mol. The summed E-state index contributed by atoms with van der Waals surface area (Å²) in [5.41, 5.74) is 0.300. The molecule has 0 aliphatic heterocycles. The van der Waals surface area contributed by atoms with E-state index in [2.05, 4.69) is 10.2 Å². The van der Waals surface area contributed by atoms with E-state index in [0.717, 1.165) is 0 Å². The number of carbonyl (C=O) groups is 1. The minimum absolute atomic E-state index is 0.300. The number of nitrogens with zero attached hydrogens (tertiary/aromatic N) is 1. The molecule has 72 valence electrons. The zero-order chi connectivity index (χ0) is 9.84. The molecular formula is C7H10N2O4. The number of aromatic nitrogens is 2. The maximum Gasteiger partial charge on any atom is 0.306 e. The fourth-order valence-electron chi connectivity index (χ4n) is 0.929. The SMILES string of the molecule is O=C(O)CC(O)C(O)c1ccn[nH]1. The molecule has 6 heteroatoms. The fourth-order valence-corrected chi connectivity index (χ4v) is 0.929. The average Bonchev–Trinajstić information content (AvgIpc) is 2.53. The Kier molecular flexibility index (Phi) is 2.99. The Labute approximate surface area is 73.8 Å². The van der Waals surface area contributed by atoms with Crippen molar-refractivity contribution >= 4 is 5.97 Å². The van der Waals surface area contributed by atoms with Crippen LogP contribution in [-0.4, -0.2) is 37.6 Å². The van der Waals surface area contributed by atoms with Crippen LogP contribution in [0.15, 0.2) is 12.3 Å². The standard InChI is InChI=1S/C7H10N2O4/c10-5(3-6(11)12)7(13)4-1-2-8-9-4/h1-2,5,7,10,13H,3H2,(H,8,9)(H,11,12). The van der Waals surface area contributed by atoms with Crippen LogP contribution < -0.4 is 0 Å². The first-order valence-corrected chi connectivity index (χ1v) is 3.68. The van der Waals surface area contributed by atoms with Gasteiger partial charge in [-0.15, -0.1) is 0 Å². The van der Waals surface area contributed by atoms with E-state index in [1.165, 1.54) is 12.3 Å². The Morgan fingerprint density at radius 2 is 2.31 bits per heavy atom. The molecule has 0 aliphatic rings. The molecule has 0 radical (unpaired) electrons. The normalized spacial score (nSPS) is 15.2. The van der Waals surface area contributed by atoms with E-state index in [4.69, 9.17) is 5.11 Å². The van der Waals surface area contributed by atoms with Crippen molar-refractivity contribution in [2.45, 2.75) is 18.6 Å². The topological polar surface area (TPSA) is 106 Å². The molecule has 4 N–H and O–H groups in total. The van der Waals surface area contributed by atoms with Gasteiger partial charge in [0.1, 0.15) is 6.10 Å². The van der Waals surface area contributed by atoms with Crippen molar-refractivity contribution in [2.75, 3.05) is 0 Å². The molecule has 0 saturated carbocycles. The number of carboxylic acid groups (broad SMARTS) is 1. The van der Waals surface area contributed by atoms with Gasteiger partial charge in [-0.05, 0) is 6.07 Å². The maximum absolute atomic E-state index is 10.2. The predicted octanol–water partition coefficient (Wildman–Crippen LogP) is -0.721. The Balaban J connectivity index is 2.57. The van der Waals surface area contributed by atoms with E-state index in [0.29, 0.717) is 5.69 Å². The molecule has 1 rings (SSSR count). The molecule has 0 fully saturated rings. The van der Waals surface area contributed by atoms with Crippen molar-refractivity contribution in [3.05, 3.63) is 18.0 Å². The minimum atomic E-state index is -1.32. The number of aliphatic hydroxyl groups excluding tert-OH is 2. The molecule has 6 nitrogen and oxygen atoms in total. The van der Waals surface area contributed by atoms with Gasteiger partial charge >= 0.3 is 5.97 Å². The smallest absolute Gasteiger partial charge is 0.306 e. The summed E-state index contributed by atoms with van der Waals surface area (Å²) in [5.74, 6) is -1.16. The second-order valence-electron chi connectivity index (χ2n) is 2.62. The first kappa shape index (κ1) is 9.69. The molecule has 2 atom stereocenters. The van der Waals surface area contributed by atoms with Crippen LogP contribution in [0.4, 0.5) is 0 Å². The number of aliphatic carboxylic acids is 1. The van der Waals surface area contributed by atoms with Crippen molar-refractivity contribution in [2.24, 2.45) is 0 Å². The maximum atomic E-state index is 10.2. The van der Waals surface area contributed by atoms with Gasteiger partial charge in [-0.1, -0.05) is 0 Å². The Hall–Kier alpha value is -1.40. The lowest BCUT2D eigenvalue weighted by atomic mass is 10.1. The third kappa shape index (κ3) is 2.53.